The molecular weight excluding hydrogens is 284 g/mol. The van der Waals surface area contributed by atoms with Gasteiger partial charge in [-0.05, 0) is 50.3 Å². The van der Waals surface area contributed by atoms with Crippen LogP contribution in [0, 0.1) is 4.77 Å². The highest BCUT2D eigenvalue weighted by molar-refractivity contribution is 7.71. The smallest absolute Gasteiger partial charge is 0.199 e. The van der Waals surface area contributed by atoms with Crippen molar-refractivity contribution >= 4 is 12.2 Å². The molecule has 0 spiro atoms. The van der Waals surface area contributed by atoms with Crippen molar-refractivity contribution < 1.29 is 4.74 Å². The Morgan fingerprint density at radius 2 is 2.05 bits per heavy atom. The Morgan fingerprint density at radius 1 is 1.29 bits per heavy atom. The summed E-state index contributed by atoms with van der Waals surface area (Å²) in [6.45, 7) is 3.04. The van der Waals surface area contributed by atoms with Crippen LogP contribution in [0.15, 0.2) is 24.3 Å². The Morgan fingerprint density at radius 3 is 2.76 bits per heavy atom. The number of methoxy groups -OCH3 is 1. The van der Waals surface area contributed by atoms with Crippen LogP contribution >= 0.6 is 12.2 Å². The van der Waals surface area contributed by atoms with E-state index >= 15 is 0 Å². The van der Waals surface area contributed by atoms with Crippen LogP contribution in [-0.4, -0.2) is 39.4 Å². The summed E-state index contributed by atoms with van der Waals surface area (Å²) in [5.74, 6) is 1.70. The first-order chi connectivity index (χ1) is 10.2. The minimum Gasteiger partial charge on any atom is -0.497 e. The zero-order chi connectivity index (χ0) is 14.8. The summed E-state index contributed by atoms with van der Waals surface area (Å²) in [7, 11) is 3.63. The van der Waals surface area contributed by atoms with Gasteiger partial charge in [-0.2, -0.15) is 5.10 Å². The molecule has 1 aromatic carbocycles. The fraction of sp³-hybridized carbons (Fsp3) is 0.467. The maximum atomic E-state index is 5.52. The summed E-state index contributed by atoms with van der Waals surface area (Å²) >= 11 is 5.52. The molecule has 0 atom stereocenters. The van der Waals surface area contributed by atoms with Gasteiger partial charge in [0.05, 0.1) is 13.8 Å². The lowest BCUT2D eigenvalue weighted by atomic mass is 10.2. The molecule has 1 fully saturated rings. The standard InChI is InChI=1S/C15H20N4OS/c1-17-14(12-6-5-7-13(10-12)20-2)16-19(15(17)21)11-18-8-3-4-9-18/h5-7,10H,3-4,8-9,11H2,1-2H3. The predicted molar refractivity (Wildman–Crippen MR) is 84.8 cm³/mol. The van der Waals surface area contributed by atoms with Crippen molar-refractivity contribution in [1.29, 1.82) is 0 Å². The Kier molecular flexibility index (Phi) is 4.07. The minimum atomic E-state index is 0.750. The van der Waals surface area contributed by atoms with Gasteiger partial charge < -0.3 is 9.30 Å². The summed E-state index contributed by atoms with van der Waals surface area (Å²) < 4.78 is 9.90. The lowest BCUT2D eigenvalue weighted by molar-refractivity contribution is 0.253. The van der Waals surface area contributed by atoms with Gasteiger partial charge in [-0.15, -0.1) is 0 Å². The predicted octanol–water partition coefficient (Wildman–Crippen LogP) is 2.68. The average Bonchev–Trinajstić information content (AvgIpc) is 3.11. The van der Waals surface area contributed by atoms with Crippen LogP contribution in [0.3, 0.4) is 0 Å². The van der Waals surface area contributed by atoms with Crippen LogP contribution in [-0.2, 0) is 13.7 Å². The van der Waals surface area contributed by atoms with E-state index in [1.807, 2.05) is 40.6 Å². The van der Waals surface area contributed by atoms with E-state index in [9.17, 15) is 0 Å². The van der Waals surface area contributed by atoms with Crippen molar-refractivity contribution in [1.82, 2.24) is 19.2 Å². The van der Waals surface area contributed by atoms with Gasteiger partial charge in [0.2, 0.25) is 0 Å². The van der Waals surface area contributed by atoms with Crippen LogP contribution < -0.4 is 4.74 Å². The highest BCUT2D eigenvalue weighted by atomic mass is 32.1. The number of rotatable bonds is 4. The lowest BCUT2D eigenvalue weighted by Crippen LogP contribution is -2.23. The summed E-state index contributed by atoms with van der Waals surface area (Å²) in [5.41, 5.74) is 1.02. The molecule has 1 aromatic heterocycles. The summed E-state index contributed by atoms with van der Waals surface area (Å²) in [4.78, 5) is 2.39. The first kappa shape index (κ1) is 14.3. The van der Waals surface area contributed by atoms with Gasteiger partial charge in [-0.3, -0.25) is 4.90 Å². The molecule has 0 unspecified atom stereocenters. The van der Waals surface area contributed by atoms with Gasteiger partial charge in [0.15, 0.2) is 10.6 Å². The number of likely N-dealkylation sites (tertiary alicyclic amines) is 1. The zero-order valence-corrected chi connectivity index (χ0v) is 13.3. The maximum Gasteiger partial charge on any atom is 0.199 e. The van der Waals surface area contributed by atoms with Gasteiger partial charge in [0.1, 0.15) is 5.75 Å². The molecule has 0 aliphatic carbocycles. The average molecular weight is 304 g/mol. The quantitative estimate of drug-likeness (QED) is 0.814. The number of hydrogen-bond donors (Lipinski definition) is 0. The second-order valence-electron chi connectivity index (χ2n) is 5.36. The number of benzene rings is 1. The van der Waals surface area contributed by atoms with Crippen molar-refractivity contribution in [3.05, 3.63) is 29.0 Å². The Balaban J connectivity index is 1.93. The molecule has 2 aromatic rings. The molecular formula is C15H20N4OS. The van der Waals surface area contributed by atoms with Crippen LogP contribution in [0.4, 0.5) is 0 Å². The van der Waals surface area contributed by atoms with Gasteiger partial charge in [-0.25, -0.2) is 4.68 Å². The number of aromatic nitrogens is 3. The van der Waals surface area contributed by atoms with E-state index < -0.39 is 0 Å². The Labute approximate surface area is 129 Å². The maximum absolute atomic E-state index is 5.52. The molecule has 0 radical (unpaired) electrons. The first-order valence-corrected chi connectivity index (χ1v) is 7.60. The Bertz CT molecular complexity index is 685. The second kappa shape index (κ2) is 5.99. The van der Waals surface area contributed by atoms with Crippen molar-refractivity contribution in [2.75, 3.05) is 20.2 Å². The molecule has 0 N–H and O–H groups in total. The van der Waals surface area contributed by atoms with Crippen molar-refractivity contribution in [2.45, 2.75) is 19.5 Å². The van der Waals surface area contributed by atoms with E-state index in [1.165, 1.54) is 12.8 Å². The molecule has 0 saturated carbocycles. The summed E-state index contributed by atoms with van der Waals surface area (Å²) in [5, 5.41) is 4.70. The van der Waals surface area contributed by atoms with Crippen LogP contribution in [0.1, 0.15) is 12.8 Å². The number of ether oxygens (including phenoxy) is 1. The highest BCUT2D eigenvalue weighted by Gasteiger charge is 2.15. The normalized spacial score (nSPS) is 15.5. The van der Waals surface area contributed by atoms with E-state index in [4.69, 9.17) is 22.1 Å². The molecule has 0 amide bonds. The second-order valence-corrected chi connectivity index (χ2v) is 5.73. The number of hydrogen-bond acceptors (Lipinski definition) is 4. The number of nitrogens with zero attached hydrogens (tertiary/aromatic N) is 4. The topological polar surface area (TPSA) is 35.2 Å². The highest BCUT2D eigenvalue weighted by Crippen LogP contribution is 2.22. The molecule has 112 valence electrons. The van der Waals surface area contributed by atoms with E-state index in [-0.39, 0.29) is 0 Å². The van der Waals surface area contributed by atoms with Gasteiger partial charge in [0.25, 0.3) is 0 Å². The molecule has 1 aliphatic rings. The molecule has 2 heterocycles. The van der Waals surface area contributed by atoms with Crippen LogP contribution in [0.2, 0.25) is 0 Å². The van der Waals surface area contributed by atoms with E-state index in [2.05, 4.69) is 4.90 Å². The molecule has 6 heteroatoms. The van der Waals surface area contributed by atoms with Crippen molar-refractivity contribution in [3.63, 3.8) is 0 Å². The van der Waals surface area contributed by atoms with Gasteiger partial charge >= 0.3 is 0 Å². The van der Waals surface area contributed by atoms with E-state index in [1.54, 1.807) is 7.11 Å². The summed E-state index contributed by atoms with van der Waals surface area (Å²) in [6.07, 6.45) is 2.53. The SMILES string of the molecule is COc1cccc(-c2nn(CN3CCCC3)c(=S)n2C)c1. The van der Waals surface area contributed by atoms with E-state index in [0.717, 1.165) is 41.7 Å². The van der Waals surface area contributed by atoms with Crippen molar-refractivity contribution in [3.8, 4) is 17.1 Å². The third-order valence-corrected chi connectivity index (χ3v) is 4.39. The van der Waals surface area contributed by atoms with Crippen LogP contribution in [0.5, 0.6) is 5.75 Å². The van der Waals surface area contributed by atoms with Crippen molar-refractivity contribution in [2.24, 2.45) is 7.05 Å². The third-order valence-electron chi connectivity index (χ3n) is 3.90. The minimum absolute atomic E-state index is 0.750. The Hall–Kier alpha value is -1.66. The van der Waals surface area contributed by atoms with Crippen LogP contribution in [0.25, 0.3) is 11.4 Å². The largest absolute Gasteiger partial charge is 0.497 e. The molecule has 21 heavy (non-hydrogen) atoms. The summed E-state index contributed by atoms with van der Waals surface area (Å²) in [6, 6.07) is 7.91. The molecule has 0 bridgehead atoms. The monoisotopic (exact) mass is 304 g/mol. The van der Waals surface area contributed by atoms with E-state index in [0.29, 0.717) is 0 Å². The fourth-order valence-electron chi connectivity index (χ4n) is 2.71. The zero-order valence-electron chi connectivity index (χ0n) is 12.5. The first-order valence-electron chi connectivity index (χ1n) is 7.19. The molecule has 1 aliphatic heterocycles. The molecule has 5 nitrogen and oxygen atoms in total. The third kappa shape index (κ3) is 2.87. The van der Waals surface area contributed by atoms with Gasteiger partial charge in [0, 0.05) is 12.6 Å². The molecule has 1 saturated heterocycles. The lowest BCUT2D eigenvalue weighted by Gasteiger charge is -2.13. The van der Waals surface area contributed by atoms with Gasteiger partial charge in [-0.1, -0.05) is 12.1 Å². The molecule has 3 rings (SSSR count). The fourth-order valence-corrected chi connectivity index (χ4v) is 2.89.